The molecule has 3 saturated heterocycles. The molecule has 1 atom stereocenters. The quantitative estimate of drug-likeness (QED) is 0.431. The number of hydrogen-bond donors (Lipinski definition) is 0. The Hall–Kier alpha value is -2.44. The molecule has 2 aromatic carbocycles. The zero-order valence-corrected chi connectivity index (χ0v) is 25.3. The summed E-state index contributed by atoms with van der Waals surface area (Å²) in [5, 5.41) is 2.42. The van der Waals surface area contributed by atoms with Gasteiger partial charge in [0.1, 0.15) is 5.75 Å². The Kier molecular flexibility index (Phi) is 9.70. The molecule has 0 saturated carbocycles. The first kappa shape index (κ1) is 30.0. The molecule has 2 amide bonds. The van der Waals surface area contributed by atoms with Crippen LogP contribution in [0.5, 0.6) is 5.75 Å². The molecule has 3 heterocycles. The topological polar surface area (TPSA) is 93.7 Å². The van der Waals surface area contributed by atoms with Gasteiger partial charge in [-0.3, -0.25) is 14.5 Å². The van der Waals surface area contributed by atoms with E-state index in [9.17, 15) is 18.0 Å². The van der Waals surface area contributed by atoms with E-state index in [1.165, 1.54) is 0 Å². The van der Waals surface area contributed by atoms with Gasteiger partial charge >= 0.3 is 0 Å². The average Bonchev–Trinajstić information content (AvgIpc) is 3.48. The van der Waals surface area contributed by atoms with Crippen molar-refractivity contribution in [2.45, 2.75) is 25.8 Å². The van der Waals surface area contributed by atoms with E-state index in [0.29, 0.717) is 56.6 Å². The second-order valence-electron chi connectivity index (χ2n) is 11.2. The molecule has 5 rings (SSSR count). The van der Waals surface area contributed by atoms with Crippen molar-refractivity contribution in [1.29, 1.82) is 0 Å². The summed E-state index contributed by atoms with van der Waals surface area (Å²) in [5.41, 5.74) is 0. The number of rotatable bonds is 9. The first-order chi connectivity index (χ1) is 19.7. The fraction of sp³-hybridized carbons (Fsp3) is 0.586. The third-order valence-electron chi connectivity index (χ3n) is 8.46. The highest BCUT2D eigenvalue weighted by molar-refractivity contribution is 7.89. The van der Waals surface area contributed by atoms with Crippen LogP contribution >= 0.6 is 11.6 Å². The van der Waals surface area contributed by atoms with Gasteiger partial charge in [0.15, 0.2) is 6.61 Å². The summed E-state index contributed by atoms with van der Waals surface area (Å²) in [5.74, 6) is 0.375. The number of sulfonamides is 1. The zero-order chi connectivity index (χ0) is 29.0. The van der Waals surface area contributed by atoms with E-state index in [2.05, 4.69) is 9.80 Å². The molecule has 3 fully saturated rings. The predicted molar refractivity (Wildman–Crippen MR) is 160 cm³/mol. The van der Waals surface area contributed by atoms with Gasteiger partial charge in [-0.2, -0.15) is 4.31 Å². The highest BCUT2D eigenvalue weighted by atomic mass is 35.5. The van der Waals surface area contributed by atoms with Crippen LogP contribution in [0.4, 0.5) is 0 Å². The molecule has 3 aliphatic heterocycles. The molecule has 0 spiro atoms. The number of amides is 2. The number of carbonyl (C=O) groups is 2. The molecular formula is C29H40ClN5O5S. The maximum Gasteiger partial charge on any atom is 0.260 e. The normalized spacial score (nSPS) is 21.5. The number of nitrogens with zero attached hydrogens (tertiary/aromatic N) is 5. The minimum atomic E-state index is -3.50. The van der Waals surface area contributed by atoms with Crippen LogP contribution in [0.25, 0.3) is 10.8 Å². The molecule has 12 heteroatoms. The van der Waals surface area contributed by atoms with Crippen molar-refractivity contribution < 1.29 is 22.7 Å². The number of benzene rings is 2. The summed E-state index contributed by atoms with van der Waals surface area (Å²) in [6.07, 6.45) is 2.23. The number of carbonyl (C=O) groups excluding carboxylic acids is 2. The average molecular weight is 606 g/mol. The van der Waals surface area contributed by atoms with E-state index in [1.54, 1.807) is 21.0 Å². The van der Waals surface area contributed by atoms with Crippen LogP contribution in [0.15, 0.2) is 36.4 Å². The molecular weight excluding hydrogens is 566 g/mol. The molecule has 3 aliphatic rings. The first-order valence-corrected chi connectivity index (χ1v) is 16.5. The molecule has 0 radical (unpaired) electrons. The van der Waals surface area contributed by atoms with Crippen LogP contribution in [0, 0.1) is 0 Å². The van der Waals surface area contributed by atoms with E-state index < -0.39 is 10.0 Å². The van der Waals surface area contributed by atoms with Gasteiger partial charge in [-0.05, 0) is 48.8 Å². The number of hydrogen-bond acceptors (Lipinski definition) is 7. The number of piperazine rings is 2. The second kappa shape index (κ2) is 13.2. The predicted octanol–water partition coefficient (Wildman–Crippen LogP) is 1.97. The van der Waals surface area contributed by atoms with Crippen LogP contribution < -0.4 is 4.74 Å². The van der Waals surface area contributed by atoms with Gasteiger partial charge in [-0.15, -0.1) is 0 Å². The van der Waals surface area contributed by atoms with Crippen molar-refractivity contribution >= 4 is 44.2 Å². The molecule has 41 heavy (non-hydrogen) atoms. The monoisotopic (exact) mass is 605 g/mol. The van der Waals surface area contributed by atoms with Crippen molar-refractivity contribution in [3.05, 3.63) is 41.4 Å². The van der Waals surface area contributed by atoms with Crippen LogP contribution in [0.3, 0.4) is 0 Å². The van der Waals surface area contributed by atoms with Crippen LogP contribution in [0.2, 0.25) is 5.02 Å². The minimum Gasteiger partial charge on any atom is -0.482 e. The summed E-state index contributed by atoms with van der Waals surface area (Å²) < 4.78 is 34.2. The lowest BCUT2D eigenvalue weighted by Crippen LogP contribution is -2.60. The summed E-state index contributed by atoms with van der Waals surface area (Å²) in [6.45, 7) is 7.86. The lowest BCUT2D eigenvalue weighted by molar-refractivity contribution is -0.138. The van der Waals surface area contributed by atoms with Gasteiger partial charge in [-0.25, -0.2) is 8.42 Å². The second-order valence-corrected chi connectivity index (χ2v) is 13.7. The SMILES string of the molecule is CC(=O)N1CCN(CCS(=O)(=O)N2CCN(C(=O)COc3cc4ccccc4cc3Cl)[C@@H](CN3CCCC3)C2)CC1. The zero-order valence-electron chi connectivity index (χ0n) is 23.7. The van der Waals surface area contributed by atoms with Crippen LogP contribution in [-0.4, -0.2) is 135 Å². The number of likely N-dealkylation sites (tertiary alicyclic amines) is 1. The van der Waals surface area contributed by atoms with Gasteiger partial charge in [-0.1, -0.05) is 35.9 Å². The Labute approximate surface area is 247 Å². The van der Waals surface area contributed by atoms with Crippen molar-refractivity contribution in [2.75, 3.05) is 84.4 Å². The molecule has 0 bridgehead atoms. The molecule has 0 N–H and O–H groups in total. The van der Waals surface area contributed by atoms with Crippen molar-refractivity contribution in [3.8, 4) is 5.75 Å². The third-order valence-corrected chi connectivity index (χ3v) is 10.6. The minimum absolute atomic E-state index is 0.0288. The molecule has 0 aromatic heterocycles. The van der Waals surface area contributed by atoms with Crippen molar-refractivity contribution in [1.82, 2.24) is 23.9 Å². The lowest BCUT2D eigenvalue weighted by atomic mass is 10.1. The Morgan fingerprint density at radius 1 is 0.927 bits per heavy atom. The van der Waals surface area contributed by atoms with Gasteiger partial charge in [0.05, 0.1) is 16.8 Å². The summed E-state index contributed by atoms with van der Waals surface area (Å²) in [4.78, 5) is 33.0. The highest BCUT2D eigenvalue weighted by Crippen LogP contribution is 2.30. The molecule has 0 aliphatic carbocycles. The summed E-state index contributed by atoms with van der Waals surface area (Å²) in [6, 6.07) is 11.3. The number of fused-ring (bicyclic) bond motifs is 1. The van der Waals surface area contributed by atoms with E-state index >= 15 is 0 Å². The van der Waals surface area contributed by atoms with E-state index in [-0.39, 0.29) is 43.3 Å². The maximum absolute atomic E-state index is 13.4. The van der Waals surface area contributed by atoms with Crippen LogP contribution in [0.1, 0.15) is 19.8 Å². The van der Waals surface area contributed by atoms with Crippen molar-refractivity contribution in [3.63, 3.8) is 0 Å². The van der Waals surface area contributed by atoms with E-state index in [4.69, 9.17) is 16.3 Å². The first-order valence-electron chi connectivity index (χ1n) is 14.5. The summed E-state index contributed by atoms with van der Waals surface area (Å²) in [7, 11) is -3.50. The molecule has 2 aromatic rings. The van der Waals surface area contributed by atoms with Gasteiger partial charge in [0.2, 0.25) is 15.9 Å². The Morgan fingerprint density at radius 2 is 1.61 bits per heavy atom. The Balaban J connectivity index is 1.20. The molecule has 224 valence electrons. The van der Waals surface area contributed by atoms with Crippen molar-refractivity contribution in [2.24, 2.45) is 0 Å². The third kappa shape index (κ3) is 7.50. The smallest absolute Gasteiger partial charge is 0.260 e. The fourth-order valence-electron chi connectivity index (χ4n) is 6.01. The van der Waals surface area contributed by atoms with Crippen LogP contribution in [-0.2, 0) is 19.6 Å². The Morgan fingerprint density at radius 3 is 2.29 bits per heavy atom. The van der Waals surface area contributed by atoms with Gasteiger partial charge in [0.25, 0.3) is 5.91 Å². The Bertz CT molecular complexity index is 1340. The highest BCUT2D eigenvalue weighted by Gasteiger charge is 2.37. The molecule has 0 unspecified atom stereocenters. The number of ether oxygens (including phenoxy) is 1. The van der Waals surface area contributed by atoms with E-state index in [1.807, 2.05) is 36.4 Å². The standard InChI is InChI=1S/C29H40ClN5O5S/c1-23(36)33-12-10-31(11-13-33)16-17-41(38,39)34-14-15-35(26(21-34)20-32-8-4-5-9-32)29(37)22-40-28-19-25-7-3-2-6-24(25)18-27(28)30/h2-3,6-7,18-19,26H,4-5,8-17,20-22H2,1H3/t26-/m0/s1. The summed E-state index contributed by atoms with van der Waals surface area (Å²) >= 11 is 6.44. The van der Waals surface area contributed by atoms with Gasteiger partial charge < -0.3 is 19.4 Å². The van der Waals surface area contributed by atoms with Gasteiger partial charge in [0, 0.05) is 65.8 Å². The fourth-order valence-corrected chi connectivity index (χ4v) is 7.74. The lowest BCUT2D eigenvalue weighted by Gasteiger charge is -2.42. The number of halogens is 1. The largest absolute Gasteiger partial charge is 0.482 e. The van der Waals surface area contributed by atoms with E-state index in [0.717, 1.165) is 36.7 Å². The molecule has 10 nitrogen and oxygen atoms in total. The maximum atomic E-state index is 13.4.